The third-order valence-corrected chi connectivity index (χ3v) is 3.77. The number of amides is 1. The number of hydrogen-bond acceptors (Lipinski definition) is 3. The van der Waals surface area contributed by atoms with Gasteiger partial charge in [0, 0.05) is 11.9 Å². The molecule has 0 bridgehead atoms. The van der Waals surface area contributed by atoms with Crippen LogP contribution in [0.15, 0.2) is 52.9 Å². The van der Waals surface area contributed by atoms with Crippen molar-refractivity contribution in [1.82, 2.24) is 5.32 Å². The first-order chi connectivity index (χ1) is 11.2. The Balaban J connectivity index is 1.64. The minimum absolute atomic E-state index is 0.200. The van der Waals surface area contributed by atoms with Gasteiger partial charge in [-0.25, -0.2) is 0 Å². The fourth-order valence-electron chi connectivity index (χ4n) is 2.56. The van der Waals surface area contributed by atoms with Gasteiger partial charge in [-0.1, -0.05) is 30.3 Å². The van der Waals surface area contributed by atoms with Gasteiger partial charge in [0.05, 0.1) is 7.11 Å². The average Bonchev–Trinajstić information content (AvgIpc) is 2.98. The lowest BCUT2D eigenvalue weighted by molar-refractivity contribution is 0.0928. The van der Waals surface area contributed by atoms with Gasteiger partial charge in [0.25, 0.3) is 5.91 Å². The van der Waals surface area contributed by atoms with Crippen LogP contribution >= 0.6 is 0 Å². The first kappa shape index (κ1) is 15.2. The summed E-state index contributed by atoms with van der Waals surface area (Å²) >= 11 is 0. The van der Waals surface area contributed by atoms with E-state index in [0.29, 0.717) is 18.7 Å². The zero-order valence-corrected chi connectivity index (χ0v) is 13.3. The Morgan fingerprint density at radius 3 is 2.83 bits per heavy atom. The number of rotatable bonds is 5. The number of hydrogen-bond donors (Lipinski definition) is 1. The minimum atomic E-state index is -0.200. The number of furan rings is 1. The molecule has 0 saturated carbocycles. The zero-order valence-electron chi connectivity index (χ0n) is 13.3. The van der Waals surface area contributed by atoms with Gasteiger partial charge in [-0.2, -0.15) is 0 Å². The van der Waals surface area contributed by atoms with Crippen LogP contribution in [0.25, 0.3) is 11.0 Å². The summed E-state index contributed by atoms with van der Waals surface area (Å²) in [5.74, 6) is 0.973. The van der Waals surface area contributed by atoms with Gasteiger partial charge in [0.15, 0.2) is 5.76 Å². The molecule has 0 saturated heterocycles. The van der Waals surface area contributed by atoms with Gasteiger partial charge in [-0.3, -0.25) is 4.79 Å². The number of benzene rings is 2. The van der Waals surface area contributed by atoms with Crippen LogP contribution < -0.4 is 10.1 Å². The molecule has 1 N–H and O–H groups in total. The van der Waals surface area contributed by atoms with Gasteiger partial charge < -0.3 is 14.5 Å². The first-order valence-corrected chi connectivity index (χ1v) is 7.57. The van der Waals surface area contributed by atoms with Crippen LogP contribution in [0, 0.1) is 6.92 Å². The largest absolute Gasteiger partial charge is 0.496 e. The Bertz CT molecular complexity index is 836. The van der Waals surface area contributed by atoms with Crippen LogP contribution in [0.2, 0.25) is 0 Å². The summed E-state index contributed by atoms with van der Waals surface area (Å²) < 4.78 is 10.9. The number of para-hydroxylation sites is 1. The number of ether oxygens (including phenoxy) is 1. The second-order valence-corrected chi connectivity index (χ2v) is 5.47. The van der Waals surface area contributed by atoms with Crippen molar-refractivity contribution in [2.24, 2.45) is 0 Å². The maximum Gasteiger partial charge on any atom is 0.287 e. The van der Waals surface area contributed by atoms with E-state index in [-0.39, 0.29) is 5.91 Å². The highest BCUT2D eigenvalue weighted by atomic mass is 16.5. The summed E-state index contributed by atoms with van der Waals surface area (Å²) in [7, 11) is 1.65. The summed E-state index contributed by atoms with van der Waals surface area (Å²) in [5.41, 5.74) is 2.91. The Morgan fingerprint density at radius 1 is 1.17 bits per heavy atom. The van der Waals surface area contributed by atoms with Gasteiger partial charge in [0.1, 0.15) is 11.3 Å². The third kappa shape index (κ3) is 3.37. The van der Waals surface area contributed by atoms with E-state index in [1.165, 1.54) is 0 Å². The molecule has 3 aromatic rings. The average molecular weight is 309 g/mol. The summed E-state index contributed by atoms with van der Waals surface area (Å²) in [6.07, 6.45) is 0.703. The molecule has 4 nitrogen and oxygen atoms in total. The molecular formula is C19H19NO3. The van der Waals surface area contributed by atoms with Crippen molar-refractivity contribution in [2.75, 3.05) is 13.7 Å². The van der Waals surface area contributed by atoms with E-state index in [9.17, 15) is 4.79 Å². The number of fused-ring (bicyclic) bond motifs is 1. The van der Waals surface area contributed by atoms with Crippen molar-refractivity contribution in [3.8, 4) is 5.75 Å². The summed E-state index contributed by atoms with van der Waals surface area (Å²) in [5, 5.41) is 3.82. The summed E-state index contributed by atoms with van der Waals surface area (Å²) in [6, 6.07) is 15.5. The Kier molecular flexibility index (Phi) is 4.33. The van der Waals surface area contributed by atoms with Crippen molar-refractivity contribution in [3.05, 3.63) is 65.4 Å². The van der Waals surface area contributed by atoms with E-state index in [4.69, 9.17) is 9.15 Å². The van der Waals surface area contributed by atoms with Crippen LogP contribution in [-0.2, 0) is 6.42 Å². The molecule has 2 aromatic carbocycles. The van der Waals surface area contributed by atoms with E-state index in [0.717, 1.165) is 27.8 Å². The number of aryl methyl sites for hydroxylation is 1. The highest BCUT2D eigenvalue weighted by Gasteiger charge is 2.12. The highest BCUT2D eigenvalue weighted by Crippen LogP contribution is 2.21. The second kappa shape index (κ2) is 6.57. The molecule has 118 valence electrons. The molecular weight excluding hydrogens is 290 g/mol. The van der Waals surface area contributed by atoms with Crippen LogP contribution in [0.5, 0.6) is 5.75 Å². The SMILES string of the molecule is COc1ccccc1CCNC(=O)c1cc2ccc(C)cc2o1. The molecule has 1 amide bonds. The van der Waals surface area contributed by atoms with E-state index in [1.807, 2.05) is 49.4 Å². The normalized spacial score (nSPS) is 10.7. The molecule has 0 fully saturated rings. The molecule has 23 heavy (non-hydrogen) atoms. The van der Waals surface area contributed by atoms with Crippen molar-refractivity contribution < 1.29 is 13.9 Å². The number of methoxy groups -OCH3 is 1. The maximum atomic E-state index is 12.2. The fourth-order valence-corrected chi connectivity index (χ4v) is 2.56. The van der Waals surface area contributed by atoms with Gasteiger partial charge >= 0.3 is 0 Å². The fraction of sp³-hybridized carbons (Fsp3) is 0.211. The lowest BCUT2D eigenvalue weighted by atomic mass is 10.1. The Hall–Kier alpha value is -2.75. The predicted molar refractivity (Wildman–Crippen MR) is 90.0 cm³/mol. The van der Waals surface area contributed by atoms with Gasteiger partial charge in [-0.15, -0.1) is 0 Å². The molecule has 0 aliphatic carbocycles. The highest BCUT2D eigenvalue weighted by molar-refractivity contribution is 5.96. The van der Waals surface area contributed by atoms with Gasteiger partial charge in [0.2, 0.25) is 0 Å². The number of carbonyl (C=O) groups excluding carboxylic acids is 1. The molecule has 1 heterocycles. The van der Waals surface area contributed by atoms with Crippen molar-refractivity contribution in [2.45, 2.75) is 13.3 Å². The molecule has 0 aliphatic rings. The van der Waals surface area contributed by atoms with Crippen LogP contribution in [0.1, 0.15) is 21.7 Å². The Morgan fingerprint density at radius 2 is 2.00 bits per heavy atom. The summed E-state index contributed by atoms with van der Waals surface area (Å²) in [4.78, 5) is 12.2. The van der Waals surface area contributed by atoms with Crippen molar-refractivity contribution in [1.29, 1.82) is 0 Å². The van der Waals surface area contributed by atoms with E-state index >= 15 is 0 Å². The molecule has 1 aromatic heterocycles. The molecule has 0 spiro atoms. The lowest BCUT2D eigenvalue weighted by Gasteiger charge is -2.08. The van der Waals surface area contributed by atoms with E-state index in [2.05, 4.69) is 5.32 Å². The molecule has 0 aliphatic heterocycles. The maximum absolute atomic E-state index is 12.2. The topological polar surface area (TPSA) is 51.5 Å². The second-order valence-electron chi connectivity index (χ2n) is 5.47. The van der Waals surface area contributed by atoms with Crippen LogP contribution in [0.4, 0.5) is 0 Å². The minimum Gasteiger partial charge on any atom is -0.496 e. The first-order valence-electron chi connectivity index (χ1n) is 7.57. The standard InChI is InChI=1S/C19H19NO3/c1-13-7-8-15-12-18(23-17(15)11-13)19(21)20-10-9-14-5-3-4-6-16(14)22-2/h3-8,11-12H,9-10H2,1-2H3,(H,20,21). The third-order valence-electron chi connectivity index (χ3n) is 3.77. The molecule has 0 atom stereocenters. The predicted octanol–water partition coefficient (Wildman–Crippen LogP) is 3.72. The number of carbonyl (C=O) groups is 1. The molecule has 0 unspecified atom stereocenters. The smallest absolute Gasteiger partial charge is 0.287 e. The zero-order chi connectivity index (χ0) is 16.2. The van der Waals surface area contributed by atoms with E-state index in [1.54, 1.807) is 13.2 Å². The number of nitrogens with one attached hydrogen (secondary N) is 1. The van der Waals surface area contributed by atoms with Gasteiger partial charge in [-0.05, 0) is 42.7 Å². The summed E-state index contributed by atoms with van der Waals surface area (Å²) in [6.45, 7) is 2.52. The molecule has 4 heteroatoms. The quantitative estimate of drug-likeness (QED) is 0.781. The molecule has 3 rings (SSSR count). The van der Waals surface area contributed by atoms with Crippen LogP contribution in [-0.4, -0.2) is 19.6 Å². The van der Waals surface area contributed by atoms with E-state index < -0.39 is 0 Å². The Labute approximate surface area is 135 Å². The monoisotopic (exact) mass is 309 g/mol. The van der Waals surface area contributed by atoms with Crippen LogP contribution in [0.3, 0.4) is 0 Å². The van der Waals surface area contributed by atoms with Crippen molar-refractivity contribution in [3.63, 3.8) is 0 Å². The molecule has 0 radical (unpaired) electrons. The van der Waals surface area contributed by atoms with Crippen molar-refractivity contribution >= 4 is 16.9 Å². The lowest BCUT2D eigenvalue weighted by Crippen LogP contribution is -2.25.